The number of amides is 1. The van der Waals surface area contributed by atoms with Crippen LogP contribution in [-0.2, 0) is 11.2 Å². The zero-order valence-electron chi connectivity index (χ0n) is 16.0. The normalized spacial score (nSPS) is 16.3. The summed E-state index contributed by atoms with van der Waals surface area (Å²) >= 11 is 0. The van der Waals surface area contributed by atoms with Crippen molar-refractivity contribution >= 4 is 16.8 Å². The average molecular weight is 376 g/mol. The van der Waals surface area contributed by atoms with Crippen LogP contribution >= 0.6 is 0 Å². The SMILES string of the molecule is CCc1cccc2c([C@H](CC(=O)NC3CC3)c3ccc4c(c3)OCO4)c[nH]c12. The summed E-state index contributed by atoms with van der Waals surface area (Å²) in [6, 6.07) is 12.7. The van der Waals surface area contributed by atoms with Gasteiger partial charge in [-0.25, -0.2) is 0 Å². The Morgan fingerprint density at radius 3 is 2.89 bits per heavy atom. The van der Waals surface area contributed by atoms with E-state index in [4.69, 9.17) is 9.47 Å². The fourth-order valence-corrected chi connectivity index (χ4v) is 4.06. The van der Waals surface area contributed by atoms with Gasteiger partial charge in [0.1, 0.15) is 0 Å². The Labute approximate surface area is 164 Å². The van der Waals surface area contributed by atoms with Crippen LogP contribution in [0, 0.1) is 0 Å². The van der Waals surface area contributed by atoms with Crippen LogP contribution in [0.25, 0.3) is 10.9 Å². The Kier molecular flexibility index (Phi) is 4.23. The number of ether oxygens (including phenoxy) is 2. The summed E-state index contributed by atoms with van der Waals surface area (Å²) < 4.78 is 11.0. The van der Waals surface area contributed by atoms with E-state index >= 15 is 0 Å². The van der Waals surface area contributed by atoms with Crippen molar-refractivity contribution in [2.24, 2.45) is 0 Å². The molecule has 1 aliphatic carbocycles. The van der Waals surface area contributed by atoms with Gasteiger partial charge in [-0.3, -0.25) is 4.79 Å². The highest BCUT2D eigenvalue weighted by Crippen LogP contribution is 2.40. The number of para-hydroxylation sites is 1. The highest BCUT2D eigenvalue weighted by atomic mass is 16.7. The van der Waals surface area contributed by atoms with Crippen LogP contribution in [0.2, 0.25) is 0 Å². The lowest BCUT2D eigenvalue weighted by Gasteiger charge is -2.18. The maximum absolute atomic E-state index is 12.7. The molecular formula is C23H24N2O3. The van der Waals surface area contributed by atoms with Gasteiger partial charge in [0.05, 0.1) is 0 Å². The molecule has 28 heavy (non-hydrogen) atoms. The molecule has 5 rings (SSSR count). The van der Waals surface area contributed by atoms with Crippen LogP contribution in [0.1, 0.15) is 48.8 Å². The Hall–Kier alpha value is -2.95. The number of hydrogen-bond donors (Lipinski definition) is 2. The number of rotatable bonds is 6. The van der Waals surface area contributed by atoms with Crippen molar-refractivity contribution in [1.29, 1.82) is 0 Å². The third kappa shape index (κ3) is 3.11. The minimum atomic E-state index is -0.0471. The molecule has 1 fully saturated rings. The number of benzene rings is 2. The number of aromatic amines is 1. The van der Waals surface area contributed by atoms with Crippen molar-refractivity contribution < 1.29 is 14.3 Å². The first-order chi connectivity index (χ1) is 13.7. The largest absolute Gasteiger partial charge is 0.454 e. The minimum Gasteiger partial charge on any atom is -0.454 e. The van der Waals surface area contributed by atoms with Crippen molar-refractivity contribution in [3.05, 3.63) is 59.3 Å². The maximum Gasteiger partial charge on any atom is 0.231 e. The molecule has 0 radical (unpaired) electrons. The number of H-pyrrole nitrogens is 1. The molecule has 1 atom stereocenters. The second-order valence-corrected chi connectivity index (χ2v) is 7.65. The fraction of sp³-hybridized carbons (Fsp3) is 0.348. The molecule has 2 N–H and O–H groups in total. The Morgan fingerprint density at radius 2 is 2.07 bits per heavy atom. The summed E-state index contributed by atoms with van der Waals surface area (Å²) in [5.74, 6) is 1.57. The molecule has 1 aliphatic heterocycles. The first kappa shape index (κ1) is 17.2. The number of nitrogens with one attached hydrogen (secondary N) is 2. The van der Waals surface area contributed by atoms with E-state index in [-0.39, 0.29) is 18.6 Å². The Bertz CT molecular complexity index is 1040. The van der Waals surface area contributed by atoms with Gasteiger partial charge < -0.3 is 19.8 Å². The molecule has 5 nitrogen and oxygen atoms in total. The lowest BCUT2D eigenvalue weighted by molar-refractivity contribution is -0.121. The molecule has 0 unspecified atom stereocenters. The van der Waals surface area contributed by atoms with Crippen LogP contribution in [-0.4, -0.2) is 23.7 Å². The monoisotopic (exact) mass is 376 g/mol. The smallest absolute Gasteiger partial charge is 0.231 e. The van der Waals surface area contributed by atoms with Crippen molar-refractivity contribution in [1.82, 2.24) is 10.3 Å². The van der Waals surface area contributed by atoms with Crippen LogP contribution in [0.15, 0.2) is 42.6 Å². The van der Waals surface area contributed by atoms with Gasteiger partial charge in [0.2, 0.25) is 12.7 Å². The second kappa shape index (κ2) is 6.89. The second-order valence-electron chi connectivity index (χ2n) is 7.65. The van der Waals surface area contributed by atoms with Crippen molar-refractivity contribution in [2.45, 2.75) is 44.6 Å². The molecule has 2 aromatic carbocycles. The van der Waals surface area contributed by atoms with Gasteiger partial charge in [0.25, 0.3) is 0 Å². The van der Waals surface area contributed by atoms with Gasteiger partial charge in [-0.15, -0.1) is 0 Å². The number of aryl methyl sites for hydroxylation is 1. The molecule has 1 saturated carbocycles. The quantitative estimate of drug-likeness (QED) is 0.676. The highest BCUT2D eigenvalue weighted by molar-refractivity contribution is 5.88. The summed E-state index contributed by atoms with van der Waals surface area (Å²) in [7, 11) is 0. The van der Waals surface area contributed by atoms with E-state index in [1.807, 2.05) is 18.2 Å². The highest BCUT2D eigenvalue weighted by Gasteiger charge is 2.28. The van der Waals surface area contributed by atoms with Crippen LogP contribution in [0.5, 0.6) is 11.5 Å². The average Bonchev–Trinajstić information content (AvgIpc) is 3.23. The van der Waals surface area contributed by atoms with Gasteiger partial charge in [-0.1, -0.05) is 31.2 Å². The molecule has 0 bridgehead atoms. The fourth-order valence-electron chi connectivity index (χ4n) is 4.06. The molecule has 2 aliphatic rings. The minimum absolute atomic E-state index is 0.0471. The van der Waals surface area contributed by atoms with Crippen molar-refractivity contribution in [3.63, 3.8) is 0 Å². The van der Waals surface area contributed by atoms with E-state index in [0.29, 0.717) is 12.5 Å². The predicted octanol–water partition coefficient (Wildman–Crippen LogP) is 4.26. The zero-order chi connectivity index (χ0) is 19.1. The Morgan fingerprint density at radius 1 is 1.21 bits per heavy atom. The predicted molar refractivity (Wildman–Crippen MR) is 108 cm³/mol. The van der Waals surface area contributed by atoms with E-state index in [0.717, 1.165) is 47.4 Å². The third-order valence-electron chi connectivity index (χ3n) is 5.72. The number of aromatic nitrogens is 1. The molecule has 1 amide bonds. The van der Waals surface area contributed by atoms with Gasteiger partial charge in [-0.2, -0.15) is 0 Å². The summed E-state index contributed by atoms with van der Waals surface area (Å²) in [4.78, 5) is 16.1. The summed E-state index contributed by atoms with van der Waals surface area (Å²) in [6.45, 7) is 2.41. The van der Waals surface area contributed by atoms with Crippen LogP contribution in [0.4, 0.5) is 0 Å². The van der Waals surface area contributed by atoms with Crippen molar-refractivity contribution in [3.8, 4) is 11.5 Å². The summed E-state index contributed by atoms with van der Waals surface area (Å²) in [6.07, 6.45) is 5.62. The molecule has 5 heteroatoms. The molecule has 0 spiro atoms. The van der Waals surface area contributed by atoms with Gasteiger partial charge in [0, 0.05) is 35.5 Å². The van der Waals surface area contributed by atoms with Gasteiger partial charge in [-0.05, 0) is 48.1 Å². The molecule has 0 saturated heterocycles. The van der Waals surface area contributed by atoms with E-state index in [9.17, 15) is 4.79 Å². The first-order valence-corrected chi connectivity index (χ1v) is 10.0. The molecule has 144 valence electrons. The van der Waals surface area contributed by atoms with Crippen molar-refractivity contribution in [2.75, 3.05) is 6.79 Å². The number of carbonyl (C=O) groups excluding carboxylic acids is 1. The standard InChI is InChI=1S/C23H24N2O3/c1-2-14-4-3-5-17-19(12-24-23(14)17)18(11-22(26)25-16-7-8-16)15-6-9-20-21(10-15)28-13-27-20/h3-6,9-10,12,16,18,24H,2,7-8,11,13H2,1H3,(H,25,26)/t18-/m1/s1. The molecule has 1 aromatic heterocycles. The maximum atomic E-state index is 12.7. The topological polar surface area (TPSA) is 63.4 Å². The van der Waals surface area contributed by atoms with Gasteiger partial charge in [0.15, 0.2) is 11.5 Å². The number of hydrogen-bond acceptors (Lipinski definition) is 3. The lowest BCUT2D eigenvalue weighted by Crippen LogP contribution is -2.27. The number of fused-ring (bicyclic) bond motifs is 2. The zero-order valence-corrected chi connectivity index (χ0v) is 16.0. The number of carbonyl (C=O) groups is 1. The molecular weight excluding hydrogens is 352 g/mol. The lowest BCUT2D eigenvalue weighted by atomic mass is 9.87. The summed E-state index contributed by atoms with van der Waals surface area (Å²) in [5, 5.41) is 4.32. The third-order valence-corrected chi connectivity index (χ3v) is 5.72. The van der Waals surface area contributed by atoms with Crippen LogP contribution < -0.4 is 14.8 Å². The first-order valence-electron chi connectivity index (χ1n) is 10.0. The van der Waals surface area contributed by atoms with E-state index in [1.165, 1.54) is 10.9 Å². The van der Waals surface area contributed by atoms with E-state index in [1.54, 1.807) is 0 Å². The summed E-state index contributed by atoms with van der Waals surface area (Å²) in [5.41, 5.74) is 4.66. The van der Waals surface area contributed by atoms with E-state index < -0.39 is 0 Å². The van der Waals surface area contributed by atoms with Crippen LogP contribution in [0.3, 0.4) is 0 Å². The van der Waals surface area contributed by atoms with E-state index in [2.05, 4.69) is 41.6 Å². The molecule has 2 heterocycles. The molecule has 3 aromatic rings. The van der Waals surface area contributed by atoms with Gasteiger partial charge >= 0.3 is 0 Å². The Balaban J connectivity index is 1.56.